The predicted molar refractivity (Wildman–Crippen MR) is 104 cm³/mol. The first-order valence-corrected chi connectivity index (χ1v) is 9.14. The molecule has 0 saturated carbocycles. The fourth-order valence-corrected chi connectivity index (χ4v) is 2.95. The Balaban J connectivity index is 1.64. The van der Waals surface area contributed by atoms with Crippen LogP contribution < -0.4 is 10.1 Å². The van der Waals surface area contributed by atoms with Crippen LogP contribution in [-0.2, 0) is 9.53 Å². The minimum atomic E-state index is -0.409. The van der Waals surface area contributed by atoms with Crippen LogP contribution in [0.15, 0.2) is 42.5 Å². The maximum atomic E-state index is 12.6. The number of hydrogen-bond donors (Lipinski definition) is 1. The topological polar surface area (TPSA) is 67.9 Å². The molecule has 8 heteroatoms. The summed E-state index contributed by atoms with van der Waals surface area (Å²) in [6.45, 7) is 1.87. The summed E-state index contributed by atoms with van der Waals surface area (Å²) in [6, 6.07) is 11.7. The molecule has 1 aliphatic heterocycles. The molecule has 1 fully saturated rings. The first-order chi connectivity index (χ1) is 13.0. The fourth-order valence-electron chi connectivity index (χ4n) is 2.59. The molecular weight excluding hydrogens is 391 g/mol. The number of rotatable bonds is 5. The Kier molecular flexibility index (Phi) is 6.55. The van der Waals surface area contributed by atoms with E-state index in [1.165, 1.54) is 0 Å². The van der Waals surface area contributed by atoms with Crippen molar-refractivity contribution in [2.75, 3.05) is 38.2 Å². The van der Waals surface area contributed by atoms with Crippen LogP contribution in [-0.4, -0.2) is 49.6 Å². The molecule has 0 atom stereocenters. The molecule has 6 nitrogen and oxygen atoms in total. The van der Waals surface area contributed by atoms with Gasteiger partial charge in [0.2, 0.25) is 0 Å². The van der Waals surface area contributed by atoms with E-state index in [4.69, 9.17) is 32.7 Å². The van der Waals surface area contributed by atoms with E-state index in [2.05, 4.69) is 5.32 Å². The van der Waals surface area contributed by atoms with E-state index in [0.29, 0.717) is 53.3 Å². The molecule has 2 amide bonds. The molecule has 1 aliphatic rings. The highest BCUT2D eigenvalue weighted by molar-refractivity contribution is 6.34. The number of anilines is 1. The van der Waals surface area contributed by atoms with E-state index in [9.17, 15) is 9.59 Å². The number of hydrogen-bond acceptors (Lipinski definition) is 4. The van der Waals surface area contributed by atoms with Gasteiger partial charge in [-0.2, -0.15) is 0 Å². The van der Waals surface area contributed by atoms with Crippen molar-refractivity contribution < 1.29 is 19.1 Å². The van der Waals surface area contributed by atoms with Gasteiger partial charge in [0.05, 0.1) is 28.9 Å². The van der Waals surface area contributed by atoms with Crippen molar-refractivity contribution in [1.29, 1.82) is 0 Å². The van der Waals surface area contributed by atoms with Crippen molar-refractivity contribution in [2.24, 2.45) is 0 Å². The highest BCUT2D eigenvalue weighted by Crippen LogP contribution is 2.25. The monoisotopic (exact) mass is 408 g/mol. The SMILES string of the molecule is O=C(COc1ccccc1Cl)Nc1cc(C(=O)N2CCOCC2)ccc1Cl. The summed E-state index contributed by atoms with van der Waals surface area (Å²) in [7, 11) is 0. The molecule has 0 radical (unpaired) electrons. The largest absolute Gasteiger partial charge is 0.482 e. The number of para-hydroxylation sites is 1. The molecule has 2 aromatic rings. The molecule has 27 heavy (non-hydrogen) atoms. The van der Waals surface area contributed by atoms with Gasteiger partial charge in [0.1, 0.15) is 5.75 Å². The molecular formula is C19H18Cl2N2O4. The Morgan fingerprint density at radius 2 is 1.81 bits per heavy atom. The maximum absolute atomic E-state index is 12.6. The second kappa shape index (κ2) is 9.08. The van der Waals surface area contributed by atoms with E-state index in [-0.39, 0.29) is 12.5 Å². The molecule has 3 rings (SSSR count). The van der Waals surface area contributed by atoms with Crippen LogP contribution in [0.2, 0.25) is 10.0 Å². The van der Waals surface area contributed by atoms with Gasteiger partial charge in [0.25, 0.3) is 11.8 Å². The quantitative estimate of drug-likeness (QED) is 0.821. The lowest BCUT2D eigenvalue weighted by Gasteiger charge is -2.27. The first kappa shape index (κ1) is 19.5. The normalized spacial score (nSPS) is 13.9. The molecule has 1 N–H and O–H groups in total. The van der Waals surface area contributed by atoms with Crippen LogP contribution in [0.25, 0.3) is 0 Å². The Hall–Kier alpha value is -2.28. The number of carbonyl (C=O) groups excluding carboxylic acids is 2. The summed E-state index contributed by atoms with van der Waals surface area (Å²) >= 11 is 12.1. The molecule has 1 heterocycles. The number of nitrogens with zero attached hydrogens (tertiary/aromatic N) is 1. The minimum Gasteiger partial charge on any atom is -0.482 e. The van der Waals surface area contributed by atoms with Crippen molar-refractivity contribution in [1.82, 2.24) is 4.90 Å². The molecule has 0 bridgehead atoms. The third kappa shape index (κ3) is 5.13. The van der Waals surface area contributed by atoms with Gasteiger partial charge in [-0.15, -0.1) is 0 Å². The Morgan fingerprint density at radius 1 is 1.07 bits per heavy atom. The number of nitrogens with one attached hydrogen (secondary N) is 1. The number of morpholine rings is 1. The average Bonchev–Trinajstić information content (AvgIpc) is 2.69. The summed E-state index contributed by atoms with van der Waals surface area (Å²) in [4.78, 5) is 26.5. The summed E-state index contributed by atoms with van der Waals surface area (Å²) in [5.41, 5.74) is 0.798. The molecule has 0 aromatic heterocycles. The zero-order valence-electron chi connectivity index (χ0n) is 14.4. The zero-order valence-corrected chi connectivity index (χ0v) is 15.9. The molecule has 1 saturated heterocycles. The average molecular weight is 409 g/mol. The van der Waals surface area contributed by atoms with Gasteiger partial charge in [0.15, 0.2) is 6.61 Å². The number of ether oxygens (including phenoxy) is 2. The van der Waals surface area contributed by atoms with Crippen molar-refractivity contribution in [3.8, 4) is 5.75 Å². The second-order valence-electron chi connectivity index (χ2n) is 5.87. The van der Waals surface area contributed by atoms with Gasteiger partial charge in [-0.25, -0.2) is 0 Å². The Labute approximate surface area is 167 Å². The van der Waals surface area contributed by atoms with Gasteiger partial charge < -0.3 is 19.7 Å². The summed E-state index contributed by atoms with van der Waals surface area (Å²) in [6.07, 6.45) is 0. The molecule has 0 spiro atoms. The summed E-state index contributed by atoms with van der Waals surface area (Å²) in [5.74, 6) is -0.123. The second-order valence-corrected chi connectivity index (χ2v) is 6.68. The van der Waals surface area contributed by atoms with Gasteiger partial charge in [-0.1, -0.05) is 35.3 Å². The third-order valence-electron chi connectivity index (χ3n) is 3.98. The van der Waals surface area contributed by atoms with Crippen LogP contribution in [0, 0.1) is 0 Å². The standard InChI is InChI=1S/C19H18Cl2N2O4/c20-14-6-5-13(19(25)23-7-9-26-10-8-23)11-16(14)22-18(24)12-27-17-4-2-1-3-15(17)21/h1-6,11H,7-10,12H2,(H,22,24). The van der Waals surface area contributed by atoms with E-state index in [1.807, 2.05) is 0 Å². The summed E-state index contributed by atoms with van der Waals surface area (Å²) in [5, 5.41) is 3.41. The lowest BCUT2D eigenvalue weighted by molar-refractivity contribution is -0.118. The number of benzene rings is 2. The third-order valence-corrected chi connectivity index (χ3v) is 4.62. The highest BCUT2D eigenvalue weighted by Gasteiger charge is 2.19. The van der Waals surface area contributed by atoms with Crippen LogP contribution in [0.3, 0.4) is 0 Å². The first-order valence-electron chi connectivity index (χ1n) is 8.38. The van der Waals surface area contributed by atoms with Gasteiger partial charge in [0, 0.05) is 18.7 Å². The number of carbonyl (C=O) groups is 2. The fraction of sp³-hybridized carbons (Fsp3) is 0.263. The number of amides is 2. The molecule has 0 unspecified atom stereocenters. The van der Waals surface area contributed by atoms with Crippen molar-refractivity contribution in [3.63, 3.8) is 0 Å². The van der Waals surface area contributed by atoms with Gasteiger partial charge in [-0.3, -0.25) is 9.59 Å². The van der Waals surface area contributed by atoms with E-state index < -0.39 is 5.91 Å². The molecule has 2 aromatic carbocycles. The smallest absolute Gasteiger partial charge is 0.262 e. The lowest BCUT2D eigenvalue weighted by atomic mass is 10.1. The van der Waals surface area contributed by atoms with Gasteiger partial charge >= 0.3 is 0 Å². The molecule has 142 valence electrons. The zero-order chi connectivity index (χ0) is 19.2. The van der Waals surface area contributed by atoms with Crippen molar-refractivity contribution in [3.05, 3.63) is 58.1 Å². The van der Waals surface area contributed by atoms with E-state index >= 15 is 0 Å². The van der Waals surface area contributed by atoms with Crippen LogP contribution >= 0.6 is 23.2 Å². The Bertz CT molecular complexity index is 838. The van der Waals surface area contributed by atoms with E-state index in [0.717, 1.165) is 0 Å². The number of halogens is 2. The summed E-state index contributed by atoms with van der Waals surface area (Å²) < 4.78 is 10.7. The Morgan fingerprint density at radius 3 is 2.56 bits per heavy atom. The maximum Gasteiger partial charge on any atom is 0.262 e. The minimum absolute atomic E-state index is 0.127. The highest BCUT2D eigenvalue weighted by atomic mass is 35.5. The van der Waals surface area contributed by atoms with Gasteiger partial charge in [-0.05, 0) is 30.3 Å². The van der Waals surface area contributed by atoms with Crippen LogP contribution in [0.5, 0.6) is 5.75 Å². The van der Waals surface area contributed by atoms with Crippen LogP contribution in [0.1, 0.15) is 10.4 Å². The van der Waals surface area contributed by atoms with Crippen molar-refractivity contribution in [2.45, 2.75) is 0 Å². The predicted octanol–water partition coefficient (Wildman–Crippen LogP) is 3.48. The van der Waals surface area contributed by atoms with Crippen LogP contribution in [0.4, 0.5) is 5.69 Å². The van der Waals surface area contributed by atoms with E-state index in [1.54, 1.807) is 47.4 Å². The lowest BCUT2D eigenvalue weighted by Crippen LogP contribution is -2.40. The molecule has 0 aliphatic carbocycles. The van der Waals surface area contributed by atoms with Crippen molar-refractivity contribution >= 4 is 40.7 Å².